The first-order valence-corrected chi connectivity index (χ1v) is 8.47. The zero-order chi connectivity index (χ0) is 15.5. The van der Waals surface area contributed by atoms with Gasteiger partial charge in [-0.3, -0.25) is 9.59 Å². The Morgan fingerprint density at radius 1 is 1.38 bits per heavy atom. The molecule has 2 rings (SSSR count). The van der Waals surface area contributed by atoms with E-state index in [-0.39, 0.29) is 17.9 Å². The molecular weight excluding hydrogens is 286 g/mol. The van der Waals surface area contributed by atoms with Crippen LogP contribution in [-0.2, 0) is 9.59 Å². The molecule has 1 aromatic heterocycles. The largest absolute Gasteiger partial charge is 0.342 e. The van der Waals surface area contributed by atoms with Gasteiger partial charge in [0.05, 0.1) is 6.04 Å². The van der Waals surface area contributed by atoms with Crippen LogP contribution >= 0.6 is 11.3 Å². The molecule has 0 aromatic carbocycles. The van der Waals surface area contributed by atoms with E-state index in [1.54, 1.807) is 17.5 Å². The van der Waals surface area contributed by atoms with Crippen LogP contribution < -0.4 is 5.32 Å². The fraction of sp³-hybridized carbons (Fsp3) is 0.667. The topological polar surface area (TPSA) is 62.3 Å². The van der Waals surface area contributed by atoms with Gasteiger partial charge in [0.25, 0.3) is 0 Å². The summed E-state index contributed by atoms with van der Waals surface area (Å²) >= 11 is 1.56. The summed E-state index contributed by atoms with van der Waals surface area (Å²) in [6.07, 6.45) is 4.14. The number of aromatic nitrogens is 1. The lowest BCUT2D eigenvalue weighted by molar-refractivity contribution is -0.141. The molecule has 0 bridgehead atoms. The van der Waals surface area contributed by atoms with Crippen LogP contribution in [0.1, 0.15) is 57.5 Å². The van der Waals surface area contributed by atoms with E-state index in [1.165, 1.54) is 0 Å². The smallest absolute Gasteiger partial charge is 0.248 e. The molecule has 0 aliphatic carbocycles. The van der Waals surface area contributed by atoms with Gasteiger partial charge in [0.15, 0.2) is 0 Å². The van der Waals surface area contributed by atoms with Gasteiger partial charge in [-0.15, -0.1) is 11.3 Å². The molecule has 116 valence electrons. The van der Waals surface area contributed by atoms with E-state index < -0.39 is 5.54 Å². The third-order valence-electron chi connectivity index (χ3n) is 4.34. The summed E-state index contributed by atoms with van der Waals surface area (Å²) in [4.78, 5) is 31.3. The second-order valence-electron chi connectivity index (χ2n) is 5.38. The number of amides is 2. The number of rotatable bonds is 5. The van der Waals surface area contributed by atoms with Crippen LogP contribution in [0.2, 0.25) is 0 Å². The fourth-order valence-corrected chi connectivity index (χ4v) is 3.77. The Morgan fingerprint density at radius 3 is 2.62 bits per heavy atom. The van der Waals surface area contributed by atoms with Gasteiger partial charge in [-0.1, -0.05) is 20.8 Å². The van der Waals surface area contributed by atoms with E-state index in [0.717, 1.165) is 11.4 Å². The second kappa shape index (κ2) is 6.56. The summed E-state index contributed by atoms with van der Waals surface area (Å²) in [6.45, 7) is 6.43. The summed E-state index contributed by atoms with van der Waals surface area (Å²) in [5.41, 5.74) is -0.766. The molecule has 2 heterocycles. The molecule has 5 nitrogen and oxygen atoms in total. The molecule has 1 saturated heterocycles. The molecule has 1 aliphatic rings. The molecule has 0 radical (unpaired) electrons. The molecule has 21 heavy (non-hydrogen) atoms. The lowest BCUT2D eigenvalue weighted by Gasteiger charge is -2.36. The summed E-state index contributed by atoms with van der Waals surface area (Å²) in [6, 6.07) is -0.0392. The molecule has 1 aromatic rings. The predicted octanol–water partition coefficient (Wildman–Crippen LogP) is 2.50. The highest BCUT2D eigenvalue weighted by molar-refractivity contribution is 7.09. The average molecular weight is 309 g/mol. The Bertz CT molecular complexity index is 497. The Balaban J connectivity index is 2.37. The predicted molar refractivity (Wildman–Crippen MR) is 82.9 cm³/mol. The van der Waals surface area contributed by atoms with Crippen molar-refractivity contribution in [3.05, 3.63) is 16.6 Å². The number of nitrogens with zero attached hydrogens (tertiary/aromatic N) is 2. The molecule has 1 fully saturated rings. The summed E-state index contributed by atoms with van der Waals surface area (Å²) < 4.78 is 0. The normalized spacial score (nSPS) is 20.0. The van der Waals surface area contributed by atoms with Crippen LogP contribution in [0.4, 0.5) is 0 Å². The van der Waals surface area contributed by atoms with Gasteiger partial charge in [0.1, 0.15) is 10.5 Å². The molecule has 1 unspecified atom stereocenters. The SMILES string of the molecule is CCC(c1nccs1)N1CCC(=O)NC(CC)(CC)C1=O. The van der Waals surface area contributed by atoms with Gasteiger partial charge in [-0.2, -0.15) is 0 Å². The highest BCUT2D eigenvalue weighted by atomic mass is 32.1. The number of hydrogen-bond acceptors (Lipinski definition) is 4. The van der Waals surface area contributed by atoms with Crippen molar-refractivity contribution in [1.82, 2.24) is 15.2 Å². The summed E-state index contributed by atoms with van der Waals surface area (Å²) in [7, 11) is 0. The van der Waals surface area contributed by atoms with Crippen molar-refractivity contribution in [2.75, 3.05) is 6.54 Å². The number of carbonyl (C=O) groups excluding carboxylic acids is 2. The van der Waals surface area contributed by atoms with E-state index in [9.17, 15) is 9.59 Å². The lowest BCUT2D eigenvalue weighted by Crippen LogP contribution is -2.56. The maximum Gasteiger partial charge on any atom is 0.248 e. The molecule has 2 amide bonds. The van der Waals surface area contributed by atoms with Crippen LogP contribution in [0, 0.1) is 0 Å². The van der Waals surface area contributed by atoms with E-state index in [4.69, 9.17) is 0 Å². The van der Waals surface area contributed by atoms with Crippen LogP contribution in [0.5, 0.6) is 0 Å². The Hall–Kier alpha value is -1.43. The third kappa shape index (κ3) is 2.95. The molecule has 0 spiro atoms. The number of nitrogens with one attached hydrogen (secondary N) is 1. The molecule has 0 saturated carbocycles. The first kappa shape index (κ1) is 15.9. The van der Waals surface area contributed by atoms with Gasteiger partial charge < -0.3 is 10.2 Å². The Morgan fingerprint density at radius 2 is 2.10 bits per heavy atom. The molecule has 1 N–H and O–H groups in total. The second-order valence-corrected chi connectivity index (χ2v) is 6.31. The van der Waals surface area contributed by atoms with Crippen molar-refractivity contribution >= 4 is 23.2 Å². The lowest BCUT2D eigenvalue weighted by atomic mass is 9.90. The highest BCUT2D eigenvalue weighted by Gasteiger charge is 2.44. The van der Waals surface area contributed by atoms with E-state index >= 15 is 0 Å². The Kier molecular flexibility index (Phi) is 4.98. The van der Waals surface area contributed by atoms with E-state index in [0.29, 0.717) is 25.8 Å². The zero-order valence-corrected chi connectivity index (χ0v) is 13.7. The molecule has 6 heteroatoms. The standard InChI is InChI=1S/C15H23N3O2S/c1-4-11(13-16-8-10-21-13)18-9-7-12(19)17-15(5-2,6-3)14(18)20/h8,10-11H,4-7,9H2,1-3H3,(H,17,19). The van der Waals surface area contributed by atoms with E-state index in [1.807, 2.05) is 24.1 Å². The van der Waals surface area contributed by atoms with Gasteiger partial charge in [-0.25, -0.2) is 4.98 Å². The van der Waals surface area contributed by atoms with Crippen molar-refractivity contribution in [3.8, 4) is 0 Å². The van der Waals surface area contributed by atoms with Crippen molar-refractivity contribution in [1.29, 1.82) is 0 Å². The number of thiazole rings is 1. The molecule has 1 aliphatic heterocycles. The van der Waals surface area contributed by atoms with E-state index in [2.05, 4.69) is 17.2 Å². The first-order chi connectivity index (χ1) is 10.1. The van der Waals surface area contributed by atoms with Gasteiger partial charge in [0.2, 0.25) is 11.8 Å². The minimum Gasteiger partial charge on any atom is -0.342 e. The third-order valence-corrected chi connectivity index (χ3v) is 5.21. The Labute approximate surface area is 129 Å². The highest BCUT2D eigenvalue weighted by Crippen LogP contribution is 2.31. The zero-order valence-electron chi connectivity index (χ0n) is 12.9. The molecular formula is C15H23N3O2S. The van der Waals surface area contributed by atoms with Crippen molar-refractivity contribution in [3.63, 3.8) is 0 Å². The van der Waals surface area contributed by atoms with Gasteiger partial charge >= 0.3 is 0 Å². The minimum absolute atomic E-state index is 0.0281. The van der Waals surface area contributed by atoms with Gasteiger partial charge in [-0.05, 0) is 19.3 Å². The van der Waals surface area contributed by atoms with Crippen molar-refractivity contribution in [2.45, 2.75) is 58.0 Å². The summed E-state index contributed by atoms with van der Waals surface area (Å²) in [5.74, 6) is -0.0102. The first-order valence-electron chi connectivity index (χ1n) is 7.59. The van der Waals surface area contributed by atoms with Crippen molar-refractivity contribution in [2.24, 2.45) is 0 Å². The van der Waals surface area contributed by atoms with Crippen LogP contribution in [0.15, 0.2) is 11.6 Å². The van der Waals surface area contributed by atoms with Gasteiger partial charge in [0, 0.05) is 24.5 Å². The maximum atomic E-state index is 13.1. The van der Waals surface area contributed by atoms with Crippen LogP contribution in [-0.4, -0.2) is 33.8 Å². The quantitative estimate of drug-likeness (QED) is 0.909. The number of carbonyl (C=O) groups is 2. The minimum atomic E-state index is -0.766. The van der Waals surface area contributed by atoms with Crippen LogP contribution in [0.25, 0.3) is 0 Å². The molecule has 1 atom stereocenters. The van der Waals surface area contributed by atoms with Crippen molar-refractivity contribution < 1.29 is 9.59 Å². The number of hydrogen-bond donors (Lipinski definition) is 1. The average Bonchev–Trinajstić information content (AvgIpc) is 2.98. The summed E-state index contributed by atoms with van der Waals surface area (Å²) in [5, 5.41) is 5.82. The monoisotopic (exact) mass is 309 g/mol. The maximum absolute atomic E-state index is 13.1. The fourth-order valence-electron chi connectivity index (χ4n) is 2.94. The van der Waals surface area contributed by atoms with Crippen LogP contribution in [0.3, 0.4) is 0 Å².